The van der Waals surface area contributed by atoms with Gasteiger partial charge >= 0.3 is 0 Å². The molecule has 1 saturated heterocycles. The van der Waals surface area contributed by atoms with Crippen molar-refractivity contribution in [3.05, 3.63) is 59.7 Å². The van der Waals surface area contributed by atoms with Gasteiger partial charge in [-0.05, 0) is 54.6 Å². The molecule has 0 spiro atoms. The average Bonchev–Trinajstić information content (AvgIpc) is 2.76. The fraction of sp³-hybridized carbons (Fsp3) is 0.391. The summed E-state index contributed by atoms with van der Waals surface area (Å²) in [4.78, 5) is 14.9. The monoisotopic (exact) mass is 377 g/mol. The number of likely N-dealkylation sites (tertiary alicyclic amines) is 1. The van der Waals surface area contributed by atoms with Crippen LogP contribution in [-0.4, -0.2) is 50.7 Å². The number of nitriles is 1. The highest BCUT2D eigenvalue weighted by Gasteiger charge is 2.20. The lowest BCUT2D eigenvalue weighted by Gasteiger charge is -2.32. The van der Waals surface area contributed by atoms with E-state index in [9.17, 15) is 10.1 Å². The quantitative estimate of drug-likeness (QED) is 0.804. The number of carbonyl (C=O) groups excluding carboxylic acids is 1. The van der Waals surface area contributed by atoms with Crippen LogP contribution in [0.15, 0.2) is 48.5 Å². The van der Waals surface area contributed by atoms with Crippen LogP contribution in [0.5, 0.6) is 0 Å². The lowest BCUT2D eigenvalue weighted by Crippen LogP contribution is -2.42. The molecule has 0 aromatic heterocycles. The Labute approximate surface area is 166 Å². The van der Waals surface area contributed by atoms with Crippen LogP contribution in [0.4, 0.5) is 0 Å². The zero-order chi connectivity index (χ0) is 19.8. The highest BCUT2D eigenvalue weighted by atomic mass is 16.5. The zero-order valence-electron chi connectivity index (χ0n) is 16.4. The SMILES string of the molecule is COCCN1CCCC(CNC(=O)c2ccc(-c3ccccc3C#N)cc2)C1. The largest absolute Gasteiger partial charge is 0.383 e. The molecule has 146 valence electrons. The highest BCUT2D eigenvalue weighted by Crippen LogP contribution is 2.23. The third-order valence-electron chi connectivity index (χ3n) is 5.27. The molecule has 5 heteroatoms. The van der Waals surface area contributed by atoms with E-state index < -0.39 is 0 Å². The van der Waals surface area contributed by atoms with Crippen LogP contribution >= 0.6 is 0 Å². The summed E-state index contributed by atoms with van der Waals surface area (Å²) >= 11 is 0. The maximum atomic E-state index is 12.5. The molecule has 1 N–H and O–H groups in total. The minimum absolute atomic E-state index is 0.0471. The van der Waals surface area contributed by atoms with Crippen LogP contribution in [0.1, 0.15) is 28.8 Å². The number of hydrogen-bond donors (Lipinski definition) is 1. The fourth-order valence-electron chi connectivity index (χ4n) is 3.71. The summed E-state index contributed by atoms with van der Waals surface area (Å²) in [6, 6.07) is 17.2. The van der Waals surface area contributed by atoms with E-state index in [0.717, 1.165) is 50.2 Å². The van der Waals surface area contributed by atoms with E-state index in [1.165, 1.54) is 0 Å². The van der Waals surface area contributed by atoms with Crippen LogP contribution in [0.25, 0.3) is 11.1 Å². The van der Waals surface area contributed by atoms with Crippen molar-refractivity contribution >= 4 is 5.91 Å². The van der Waals surface area contributed by atoms with Crippen LogP contribution in [-0.2, 0) is 4.74 Å². The third-order valence-corrected chi connectivity index (χ3v) is 5.27. The second-order valence-corrected chi connectivity index (χ2v) is 7.25. The minimum atomic E-state index is -0.0471. The highest BCUT2D eigenvalue weighted by molar-refractivity contribution is 5.94. The topological polar surface area (TPSA) is 65.4 Å². The molecule has 5 nitrogen and oxygen atoms in total. The Morgan fingerprint density at radius 1 is 1.25 bits per heavy atom. The molecule has 3 rings (SSSR count). The number of benzene rings is 2. The molecule has 1 fully saturated rings. The van der Waals surface area contributed by atoms with Gasteiger partial charge in [0.05, 0.1) is 18.2 Å². The van der Waals surface area contributed by atoms with E-state index in [-0.39, 0.29) is 5.91 Å². The summed E-state index contributed by atoms with van der Waals surface area (Å²) in [5, 5.41) is 12.3. The standard InChI is InChI=1S/C23H27N3O2/c1-28-14-13-26-12-4-5-18(17-26)16-25-23(27)20-10-8-19(9-11-20)22-7-3-2-6-21(22)15-24/h2-3,6-11,18H,4-5,12-14,16-17H2,1H3,(H,25,27). The van der Waals surface area contributed by atoms with E-state index in [4.69, 9.17) is 4.74 Å². The molecular formula is C23H27N3O2. The number of hydrogen-bond acceptors (Lipinski definition) is 4. The number of methoxy groups -OCH3 is 1. The van der Waals surface area contributed by atoms with Crippen molar-refractivity contribution in [2.75, 3.05) is 39.9 Å². The summed E-state index contributed by atoms with van der Waals surface area (Å²) in [5.41, 5.74) is 3.10. The van der Waals surface area contributed by atoms with Gasteiger partial charge in [0.25, 0.3) is 5.91 Å². The fourth-order valence-corrected chi connectivity index (χ4v) is 3.71. The molecule has 1 amide bonds. The van der Waals surface area contributed by atoms with E-state index in [1.807, 2.05) is 42.5 Å². The first-order valence-corrected chi connectivity index (χ1v) is 9.80. The van der Waals surface area contributed by atoms with Gasteiger partial charge in [-0.15, -0.1) is 0 Å². The van der Waals surface area contributed by atoms with E-state index in [0.29, 0.717) is 23.6 Å². The number of rotatable bonds is 7. The minimum Gasteiger partial charge on any atom is -0.383 e. The van der Waals surface area contributed by atoms with Gasteiger partial charge in [0.2, 0.25) is 0 Å². The first kappa shape index (κ1) is 20.1. The summed E-state index contributed by atoms with van der Waals surface area (Å²) < 4.78 is 5.16. The molecule has 28 heavy (non-hydrogen) atoms. The maximum Gasteiger partial charge on any atom is 0.251 e. The van der Waals surface area contributed by atoms with Crippen molar-refractivity contribution < 1.29 is 9.53 Å². The zero-order valence-corrected chi connectivity index (χ0v) is 16.4. The molecule has 1 atom stereocenters. The van der Waals surface area contributed by atoms with E-state index >= 15 is 0 Å². The Kier molecular flexibility index (Phi) is 7.18. The molecule has 0 saturated carbocycles. The molecule has 1 aliphatic rings. The predicted octanol–water partition coefficient (Wildman–Crippen LogP) is 3.31. The van der Waals surface area contributed by atoms with Crippen molar-refractivity contribution in [2.24, 2.45) is 5.92 Å². The number of ether oxygens (including phenoxy) is 1. The molecule has 2 aromatic rings. The Morgan fingerprint density at radius 3 is 2.79 bits per heavy atom. The molecule has 2 aromatic carbocycles. The normalized spacial score (nSPS) is 17.1. The van der Waals surface area contributed by atoms with Crippen molar-refractivity contribution in [3.8, 4) is 17.2 Å². The van der Waals surface area contributed by atoms with Crippen molar-refractivity contribution in [1.29, 1.82) is 5.26 Å². The summed E-state index contributed by atoms with van der Waals surface area (Å²) in [6.07, 6.45) is 2.31. The molecule has 1 aliphatic heterocycles. The van der Waals surface area contributed by atoms with E-state index in [1.54, 1.807) is 13.2 Å². The smallest absolute Gasteiger partial charge is 0.251 e. The third kappa shape index (κ3) is 5.19. The molecular weight excluding hydrogens is 350 g/mol. The van der Waals surface area contributed by atoms with Crippen molar-refractivity contribution in [1.82, 2.24) is 10.2 Å². The Bertz CT molecular complexity index is 826. The Hall–Kier alpha value is -2.68. The molecule has 1 unspecified atom stereocenters. The lowest BCUT2D eigenvalue weighted by atomic mass is 9.97. The number of nitrogens with zero attached hydrogens (tertiary/aromatic N) is 2. The second kappa shape index (κ2) is 10.0. The first-order chi connectivity index (χ1) is 13.7. The van der Waals surface area contributed by atoms with Crippen molar-refractivity contribution in [2.45, 2.75) is 12.8 Å². The van der Waals surface area contributed by atoms with Gasteiger partial charge < -0.3 is 15.0 Å². The van der Waals surface area contributed by atoms with E-state index in [2.05, 4.69) is 16.3 Å². The Balaban J connectivity index is 1.56. The Morgan fingerprint density at radius 2 is 2.04 bits per heavy atom. The van der Waals surface area contributed by atoms with Crippen LogP contribution in [0.3, 0.4) is 0 Å². The average molecular weight is 377 g/mol. The van der Waals surface area contributed by atoms with Gasteiger partial charge in [-0.1, -0.05) is 30.3 Å². The van der Waals surface area contributed by atoms with Gasteiger partial charge in [0.15, 0.2) is 0 Å². The molecule has 0 bridgehead atoms. The van der Waals surface area contributed by atoms with Gasteiger partial charge in [-0.3, -0.25) is 4.79 Å². The number of amides is 1. The van der Waals surface area contributed by atoms with Crippen LogP contribution in [0.2, 0.25) is 0 Å². The van der Waals surface area contributed by atoms with Crippen LogP contribution < -0.4 is 5.32 Å². The summed E-state index contributed by atoms with van der Waals surface area (Å²) in [5.74, 6) is 0.436. The first-order valence-electron chi connectivity index (χ1n) is 9.80. The number of nitrogens with one attached hydrogen (secondary N) is 1. The van der Waals surface area contributed by atoms with Crippen LogP contribution in [0, 0.1) is 17.2 Å². The lowest BCUT2D eigenvalue weighted by molar-refractivity contribution is 0.0913. The maximum absolute atomic E-state index is 12.5. The van der Waals surface area contributed by atoms with Gasteiger partial charge in [0.1, 0.15) is 0 Å². The van der Waals surface area contributed by atoms with Gasteiger partial charge in [-0.2, -0.15) is 5.26 Å². The van der Waals surface area contributed by atoms with Gasteiger partial charge in [0, 0.05) is 32.3 Å². The molecule has 1 heterocycles. The molecule has 0 aliphatic carbocycles. The van der Waals surface area contributed by atoms with Crippen molar-refractivity contribution in [3.63, 3.8) is 0 Å². The second-order valence-electron chi connectivity index (χ2n) is 7.25. The predicted molar refractivity (Wildman–Crippen MR) is 110 cm³/mol. The summed E-state index contributed by atoms with van der Waals surface area (Å²) in [7, 11) is 1.73. The van der Waals surface area contributed by atoms with Gasteiger partial charge in [-0.25, -0.2) is 0 Å². The number of piperidine rings is 1. The summed E-state index contributed by atoms with van der Waals surface area (Å²) in [6.45, 7) is 4.52. The number of carbonyl (C=O) groups is 1. The molecule has 0 radical (unpaired) electrons.